The summed E-state index contributed by atoms with van der Waals surface area (Å²) in [4.78, 5) is 29.3. The molecule has 138 valence electrons. The van der Waals surface area contributed by atoms with E-state index in [0.29, 0.717) is 17.8 Å². The molecule has 1 aromatic carbocycles. The van der Waals surface area contributed by atoms with Crippen molar-refractivity contribution < 1.29 is 9.59 Å². The SMILES string of the molecule is CC(=O)c1ccc(NC(=O)CN2CCN(Cc3ccc(Cl)s3)CC2)cc1. The topological polar surface area (TPSA) is 52.7 Å². The Morgan fingerprint density at radius 1 is 1.04 bits per heavy atom. The lowest BCUT2D eigenvalue weighted by atomic mass is 10.1. The number of carbonyl (C=O) groups excluding carboxylic acids is 2. The zero-order chi connectivity index (χ0) is 18.5. The average molecular weight is 392 g/mol. The molecule has 26 heavy (non-hydrogen) atoms. The first-order valence-corrected chi connectivity index (χ1v) is 9.79. The van der Waals surface area contributed by atoms with Crippen molar-refractivity contribution >= 4 is 40.3 Å². The number of amides is 1. The second-order valence-electron chi connectivity index (χ2n) is 6.44. The minimum Gasteiger partial charge on any atom is -0.325 e. The molecule has 0 radical (unpaired) electrons. The van der Waals surface area contributed by atoms with Gasteiger partial charge < -0.3 is 5.32 Å². The van der Waals surface area contributed by atoms with Crippen molar-refractivity contribution in [2.45, 2.75) is 13.5 Å². The number of nitrogens with one attached hydrogen (secondary N) is 1. The summed E-state index contributed by atoms with van der Waals surface area (Å²) in [7, 11) is 0. The lowest BCUT2D eigenvalue weighted by Crippen LogP contribution is -2.48. The third-order valence-electron chi connectivity index (χ3n) is 4.42. The zero-order valence-electron chi connectivity index (χ0n) is 14.7. The van der Waals surface area contributed by atoms with Gasteiger partial charge in [-0.15, -0.1) is 11.3 Å². The molecule has 3 rings (SSSR count). The van der Waals surface area contributed by atoms with Crippen LogP contribution in [0, 0.1) is 0 Å². The number of rotatable bonds is 6. The fourth-order valence-electron chi connectivity index (χ4n) is 2.95. The number of Topliss-reactive ketones (excluding diaryl/α,β-unsaturated/α-hetero) is 1. The molecule has 5 nitrogen and oxygen atoms in total. The van der Waals surface area contributed by atoms with Gasteiger partial charge in [-0.2, -0.15) is 0 Å². The van der Waals surface area contributed by atoms with Gasteiger partial charge in [0.25, 0.3) is 0 Å². The van der Waals surface area contributed by atoms with Crippen molar-refractivity contribution in [3.05, 3.63) is 51.2 Å². The van der Waals surface area contributed by atoms with Gasteiger partial charge in [0.15, 0.2) is 5.78 Å². The second-order valence-corrected chi connectivity index (χ2v) is 8.24. The van der Waals surface area contributed by atoms with Crippen LogP contribution in [0.25, 0.3) is 0 Å². The van der Waals surface area contributed by atoms with E-state index in [-0.39, 0.29) is 11.7 Å². The fraction of sp³-hybridized carbons (Fsp3) is 0.368. The molecular weight excluding hydrogens is 370 g/mol. The van der Waals surface area contributed by atoms with Gasteiger partial charge in [-0.3, -0.25) is 19.4 Å². The van der Waals surface area contributed by atoms with Crippen molar-refractivity contribution in [1.82, 2.24) is 9.80 Å². The Balaban J connectivity index is 1.42. The molecule has 1 aromatic heterocycles. The maximum absolute atomic E-state index is 12.2. The Bertz CT molecular complexity index is 767. The van der Waals surface area contributed by atoms with Gasteiger partial charge in [0, 0.05) is 48.9 Å². The molecule has 0 unspecified atom stereocenters. The summed E-state index contributed by atoms with van der Waals surface area (Å²) in [5.74, 6) is -0.00960. The highest BCUT2D eigenvalue weighted by Gasteiger charge is 2.19. The number of thiophene rings is 1. The number of ketones is 1. The van der Waals surface area contributed by atoms with Crippen LogP contribution in [0.2, 0.25) is 4.34 Å². The van der Waals surface area contributed by atoms with Crippen LogP contribution in [0.1, 0.15) is 22.2 Å². The fourth-order valence-corrected chi connectivity index (χ4v) is 4.08. The van der Waals surface area contributed by atoms with Crippen LogP contribution in [0.3, 0.4) is 0 Å². The first-order valence-electron chi connectivity index (χ1n) is 8.59. The average Bonchev–Trinajstić information content (AvgIpc) is 3.02. The van der Waals surface area contributed by atoms with E-state index in [9.17, 15) is 9.59 Å². The summed E-state index contributed by atoms with van der Waals surface area (Å²) in [6.45, 7) is 6.45. The van der Waals surface area contributed by atoms with E-state index in [1.165, 1.54) is 11.8 Å². The smallest absolute Gasteiger partial charge is 0.238 e. The zero-order valence-corrected chi connectivity index (χ0v) is 16.3. The summed E-state index contributed by atoms with van der Waals surface area (Å²) in [6.07, 6.45) is 0. The van der Waals surface area contributed by atoms with Crippen molar-refractivity contribution in [3.63, 3.8) is 0 Å². The summed E-state index contributed by atoms with van der Waals surface area (Å²) in [5, 5.41) is 2.89. The lowest BCUT2D eigenvalue weighted by molar-refractivity contribution is -0.117. The maximum Gasteiger partial charge on any atom is 0.238 e. The van der Waals surface area contributed by atoms with Crippen LogP contribution in [0.4, 0.5) is 5.69 Å². The molecule has 0 spiro atoms. The van der Waals surface area contributed by atoms with Gasteiger partial charge in [-0.25, -0.2) is 0 Å². The molecular formula is C19H22ClN3O2S. The molecule has 2 aromatic rings. The monoisotopic (exact) mass is 391 g/mol. The first kappa shape index (κ1) is 19.0. The Kier molecular flexibility index (Phi) is 6.43. The Morgan fingerprint density at radius 3 is 2.27 bits per heavy atom. The predicted octanol–water partition coefficient (Wildman–Crippen LogP) is 3.36. The number of hydrogen-bond donors (Lipinski definition) is 1. The normalized spacial score (nSPS) is 15.8. The van der Waals surface area contributed by atoms with E-state index in [1.54, 1.807) is 35.6 Å². The molecule has 0 aliphatic carbocycles. The molecule has 1 fully saturated rings. The molecule has 1 amide bonds. The number of hydrogen-bond acceptors (Lipinski definition) is 5. The summed E-state index contributed by atoms with van der Waals surface area (Å²) in [6, 6.07) is 11.0. The molecule has 1 saturated heterocycles. The molecule has 1 N–H and O–H groups in total. The first-order chi connectivity index (χ1) is 12.5. The number of benzene rings is 1. The largest absolute Gasteiger partial charge is 0.325 e. The van der Waals surface area contributed by atoms with E-state index >= 15 is 0 Å². The molecule has 7 heteroatoms. The van der Waals surface area contributed by atoms with Crippen molar-refractivity contribution in [1.29, 1.82) is 0 Å². The van der Waals surface area contributed by atoms with Gasteiger partial charge in [-0.05, 0) is 43.3 Å². The number of piperazine rings is 1. The second kappa shape index (κ2) is 8.77. The Labute approximate surface area is 162 Å². The standard InChI is InChI=1S/C19H22ClN3O2S/c1-14(24)15-2-4-16(5-3-15)21-19(25)13-23-10-8-22(9-11-23)12-17-6-7-18(20)26-17/h2-7H,8-13H2,1H3,(H,21,25). The van der Waals surface area contributed by atoms with Gasteiger partial charge in [0.2, 0.25) is 5.91 Å². The van der Waals surface area contributed by atoms with Crippen LogP contribution >= 0.6 is 22.9 Å². The molecule has 0 atom stereocenters. The van der Waals surface area contributed by atoms with Crippen molar-refractivity contribution in [3.8, 4) is 0 Å². The minimum absolute atomic E-state index is 0.0190. The summed E-state index contributed by atoms with van der Waals surface area (Å²) in [5.41, 5.74) is 1.36. The predicted molar refractivity (Wildman–Crippen MR) is 106 cm³/mol. The van der Waals surface area contributed by atoms with Gasteiger partial charge >= 0.3 is 0 Å². The Morgan fingerprint density at radius 2 is 1.69 bits per heavy atom. The number of halogens is 1. The van der Waals surface area contributed by atoms with Gasteiger partial charge in [0.05, 0.1) is 10.9 Å². The van der Waals surface area contributed by atoms with Crippen LogP contribution in [-0.4, -0.2) is 54.2 Å². The minimum atomic E-state index is -0.0286. The van der Waals surface area contributed by atoms with E-state index in [2.05, 4.69) is 21.2 Å². The highest BCUT2D eigenvalue weighted by Crippen LogP contribution is 2.23. The van der Waals surface area contributed by atoms with Gasteiger partial charge in [-0.1, -0.05) is 11.6 Å². The number of anilines is 1. The molecule has 0 bridgehead atoms. The highest BCUT2D eigenvalue weighted by molar-refractivity contribution is 7.16. The number of carbonyl (C=O) groups is 2. The molecule has 0 saturated carbocycles. The van der Waals surface area contributed by atoms with Crippen LogP contribution in [0.5, 0.6) is 0 Å². The van der Waals surface area contributed by atoms with E-state index in [0.717, 1.165) is 37.1 Å². The quantitative estimate of drug-likeness (QED) is 0.767. The van der Waals surface area contributed by atoms with Crippen LogP contribution in [0.15, 0.2) is 36.4 Å². The Hall–Kier alpha value is -1.73. The molecule has 1 aliphatic rings. The van der Waals surface area contributed by atoms with Gasteiger partial charge in [0.1, 0.15) is 0 Å². The van der Waals surface area contributed by atoms with Crippen molar-refractivity contribution in [2.24, 2.45) is 0 Å². The van der Waals surface area contributed by atoms with Crippen LogP contribution in [-0.2, 0) is 11.3 Å². The third kappa shape index (κ3) is 5.38. The van der Waals surface area contributed by atoms with Crippen molar-refractivity contribution in [2.75, 3.05) is 38.0 Å². The van der Waals surface area contributed by atoms with E-state index < -0.39 is 0 Å². The van der Waals surface area contributed by atoms with E-state index in [4.69, 9.17) is 11.6 Å². The summed E-state index contributed by atoms with van der Waals surface area (Å²) < 4.78 is 0.826. The maximum atomic E-state index is 12.2. The van der Waals surface area contributed by atoms with E-state index in [1.807, 2.05) is 6.07 Å². The lowest BCUT2D eigenvalue weighted by Gasteiger charge is -2.34. The molecule has 1 aliphatic heterocycles. The third-order valence-corrected chi connectivity index (χ3v) is 5.63. The molecule has 2 heterocycles. The number of nitrogens with zero attached hydrogens (tertiary/aromatic N) is 2. The highest BCUT2D eigenvalue weighted by atomic mass is 35.5. The summed E-state index contributed by atoms with van der Waals surface area (Å²) >= 11 is 7.60. The van der Waals surface area contributed by atoms with Crippen LogP contribution < -0.4 is 5.32 Å².